The number of amides is 1. The smallest absolute Gasteiger partial charge is 0.253 e. The highest BCUT2D eigenvalue weighted by molar-refractivity contribution is 5.94. The van der Waals surface area contributed by atoms with Crippen molar-refractivity contribution in [2.24, 2.45) is 0 Å². The molecule has 1 fully saturated rings. The van der Waals surface area contributed by atoms with Crippen LogP contribution in [0.2, 0.25) is 0 Å². The lowest BCUT2D eigenvalue weighted by Crippen LogP contribution is -2.44. The van der Waals surface area contributed by atoms with Crippen LogP contribution in [0.25, 0.3) is 0 Å². The third-order valence-corrected chi connectivity index (χ3v) is 3.78. The van der Waals surface area contributed by atoms with Crippen LogP contribution in [0.5, 0.6) is 0 Å². The summed E-state index contributed by atoms with van der Waals surface area (Å²) in [6.07, 6.45) is 1.91. The van der Waals surface area contributed by atoms with Gasteiger partial charge in [0.05, 0.1) is 6.61 Å². The molecule has 1 aliphatic rings. The quantitative estimate of drug-likeness (QED) is 0.914. The standard InChI is InChI=1S/C15H21FN2O2/c1-17-13-5-7-18(8-6-13)15(19)11-3-4-14(16)12(9-11)10-20-2/h3-4,9,13,17H,5-8,10H2,1-2H3. The summed E-state index contributed by atoms with van der Waals surface area (Å²) in [6, 6.07) is 4.95. The number of nitrogens with zero attached hydrogens (tertiary/aromatic N) is 1. The van der Waals surface area contributed by atoms with Crippen molar-refractivity contribution in [3.05, 3.63) is 35.1 Å². The molecule has 2 rings (SSSR count). The molecule has 0 unspecified atom stereocenters. The second-order valence-corrected chi connectivity index (χ2v) is 5.09. The third kappa shape index (κ3) is 3.35. The zero-order valence-corrected chi connectivity index (χ0v) is 12.0. The largest absolute Gasteiger partial charge is 0.380 e. The van der Waals surface area contributed by atoms with Gasteiger partial charge in [0.1, 0.15) is 5.82 Å². The molecular weight excluding hydrogens is 259 g/mol. The average molecular weight is 280 g/mol. The number of nitrogens with one attached hydrogen (secondary N) is 1. The van der Waals surface area contributed by atoms with Crippen molar-refractivity contribution in [1.29, 1.82) is 0 Å². The van der Waals surface area contributed by atoms with Gasteiger partial charge in [-0.15, -0.1) is 0 Å². The zero-order valence-electron chi connectivity index (χ0n) is 12.0. The van der Waals surface area contributed by atoms with E-state index in [2.05, 4.69) is 5.32 Å². The number of carbonyl (C=O) groups excluding carboxylic acids is 1. The molecule has 5 heteroatoms. The van der Waals surface area contributed by atoms with Gasteiger partial charge in [-0.2, -0.15) is 0 Å². The lowest BCUT2D eigenvalue weighted by Gasteiger charge is -2.32. The highest BCUT2D eigenvalue weighted by atomic mass is 19.1. The van der Waals surface area contributed by atoms with Gasteiger partial charge >= 0.3 is 0 Å². The summed E-state index contributed by atoms with van der Waals surface area (Å²) in [5.74, 6) is -0.366. The Bertz CT molecular complexity index is 471. The number of halogens is 1. The number of likely N-dealkylation sites (tertiary alicyclic amines) is 1. The number of carbonyl (C=O) groups is 1. The number of rotatable bonds is 4. The Morgan fingerprint density at radius 1 is 1.45 bits per heavy atom. The number of methoxy groups -OCH3 is 1. The van der Waals surface area contributed by atoms with Crippen LogP contribution in [-0.4, -0.2) is 44.1 Å². The van der Waals surface area contributed by atoms with E-state index in [1.54, 1.807) is 12.1 Å². The molecule has 1 saturated heterocycles. The predicted molar refractivity (Wildman–Crippen MR) is 75.1 cm³/mol. The van der Waals surface area contributed by atoms with Gasteiger partial charge in [-0.3, -0.25) is 4.79 Å². The highest BCUT2D eigenvalue weighted by Gasteiger charge is 2.23. The summed E-state index contributed by atoms with van der Waals surface area (Å²) in [7, 11) is 3.45. The molecular formula is C15H21FN2O2. The summed E-state index contributed by atoms with van der Waals surface area (Å²) in [4.78, 5) is 14.2. The highest BCUT2D eigenvalue weighted by Crippen LogP contribution is 2.17. The summed E-state index contributed by atoms with van der Waals surface area (Å²) in [5.41, 5.74) is 0.949. The molecule has 0 radical (unpaired) electrons. The maximum atomic E-state index is 13.5. The van der Waals surface area contributed by atoms with Crippen LogP contribution in [-0.2, 0) is 11.3 Å². The van der Waals surface area contributed by atoms with Crippen molar-refractivity contribution in [1.82, 2.24) is 10.2 Å². The molecule has 1 aromatic rings. The van der Waals surface area contributed by atoms with E-state index in [1.165, 1.54) is 13.2 Å². The van der Waals surface area contributed by atoms with Crippen LogP contribution >= 0.6 is 0 Å². The molecule has 1 N–H and O–H groups in total. The van der Waals surface area contributed by atoms with Gasteiger partial charge in [-0.1, -0.05) is 0 Å². The van der Waals surface area contributed by atoms with E-state index >= 15 is 0 Å². The topological polar surface area (TPSA) is 41.6 Å². The molecule has 1 aliphatic heterocycles. The first-order chi connectivity index (χ1) is 9.65. The van der Waals surface area contributed by atoms with Crippen molar-refractivity contribution in [3.8, 4) is 0 Å². The van der Waals surface area contributed by atoms with Crippen molar-refractivity contribution in [2.45, 2.75) is 25.5 Å². The Morgan fingerprint density at radius 2 is 2.15 bits per heavy atom. The van der Waals surface area contributed by atoms with Crippen LogP contribution in [0.3, 0.4) is 0 Å². The molecule has 1 amide bonds. The van der Waals surface area contributed by atoms with E-state index in [0.717, 1.165) is 25.9 Å². The van der Waals surface area contributed by atoms with Crippen molar-refractivity contribution in [3.63, 3.8) is 0 Å². The Kier molecular flexibility index (Phi) is 5.09. The van der Waals surface area contributed by atoms with Gasteiger partial charge in [0.2, 0.25) is 0 Å². The van der Waals surface area contributed by atoms with E-state index in [9.17, 15) is 9.18 Å². The van der Waals surface area contributed by atoms with Crippen LogP contribution in [0.15, 0.2) is 18.2 Å². The molecule has 110 valence electrons. The fraction of sp³-hybridized carbons (Fsp3) is 0.533. The normalized spacial score (nSPS) is 16.4. The second kappa shape index (κ2) is 6.81. The number of hydrogen-bond donors (Lipinski definition) is 1. The second-order valence-electron chi connectivity index (χ2n) is 5.09. The Hall–Kier alpha value is -1.46. The van der Waals surface area contributed by atoms with Crippen LogP contribution in [0.4, 0.5) is 4.39 Å². The summed E-state index contributed by atoms with van der Waals surface area (Å²) in [6.45, 7) is 1.65. The number of hydrogen-bond acceptors (Lipinski definition) is 3. The van der Waals surface area contributed by atoms with Gasteiger partial charge in [-0.25, -0.2) is 4.39 Å². The van der Waals surface area contributed by atoms with Crippen LogP contribution in [0, 0.1) is 5.82 Å². The molecule has 4 nitrogen and oxygen atoms in total. The minimum atomic E-state index is -0.336. The summed E-state index contributed by atoms with van der Waals surface area (Å²) in [5, 5.41) is 3.23. The van der Waals surface area contributed by atoms with Crippen LogP contribution in [0.1, 0.15) is 28.8 Å². The molecule has 0 atom stereocenters. The molecule has 1 heterocycles. The third-order valence-electron chi connectivity index (χ3n) is 3.78. The molecule has 0 aliphatic carbocycles. The van der Waals surface area contributed by atoms with Gasteiger partial charge in [0, 0.05) is 37.4 Å². The van der Waals surface area contributed by atoms with E-state index in [1.807, 2.05) is 11.9 Å². The Labute approximate surface area is 118 Å². The number of ether oxygens (including phenoxy) is 1. The zero-order chi connectivity index (χ0) is 14.5. The monoisotopic (exact) mass is 280 g/mol. The number of piperidine rings is 1. The molecule has 0 bridgehead atoms. The lowest BCUT2D eigenvalue weighted by atomic mass is 10.0. The Balaban J connectivity index is 2.07. The summed E-state index contributed by atoms with van der Waals surface area (Å²) >= 11 is 0. The number of benzene rings is 1. The minimum Gasteiger partial charge on any atom is -0.380 e. The first-order valence-corrected chi connectivity index (χ1v) is 6.89. The van der Waals surface area contributed by atoms with Crippen molar-refractivity contribution in [2.75, 3.05) is 27.2 Å². The fourth-order valence-corrected chi connectivity index (χ4v) is 2.53. The summed E-state index contributed by atoms with van der Waals surface area (Å²) < 4.78 is 18.5. The van der Waals surface area contributed by atoms with Crippen molar-refractivity contribution >= 4 is 5.91 Å². The van der Waals surface area contributed by atoms with Gasteiger partial charge in [0.15, 0.2) is 0 Å². The van der Waals surface area contributed by atoms with Gasteiger partial charge < -0.3 is 15.0 Å². The van der Waals surface area contributed by atoms with E-state index in [0.29, 0.717) is 17.2 Å². The maximum Gasteiger partial charge on any atom is 0.253 e. The predicted octanol–water partition coefficient (Wildman–Crippen LogP) is 1.80. The molecule has 0 aromatic heterocycles. The van der Waals surface area contributed by atoms with Crippen molar-refractivity contribution < 1.29 is 13.9 Å². The molecule has 0 saturated carbocycles. The van der Waals surface area contributed by atoms with E-state index in [-0.39, 0.29) is 18.3 Å². The maximum absolute atomic E-state index is 13.5. The van der Waals surface area contributed by atoms with Gasteiger partial charge in [0.25, 0.3) is 5.91 Å². The van der Waals surface area contributed by atoms with E-state index in [4.69, 9.17) is 4.74 Å². The minimum absolute atomic E-state index is 0.0306. The lowest BCUT2D eigenvalue weighted by molar-refractivity contribution is 0.0707. The van der Waals surface area contributed by atoms with Crippen LogP contribution < -0.4 is 5.32 Å². The molecule has 20 heavy (non-hydrogen) atoms. The SMILES string of the molecule is CNC1CCN(C(=O)c2ccc(F)c(COC)c2)CC1. The average Bonchev–Trinajstić information content (AvgIpc) is 2.49. The fourth-order valence-electron chi connectivity index (χ4n) is 2.53. The first-order valence-electron chi connectivity index (χ1n) is 6.89. The van der Waals surface area contributed by atoms with Gasteiger partial charge in [-0.05, 0) is 38.1 Å². The first kappa shape index (κ1) is 14.9. The van der Waals surface area contributed by atoms with E-state index < -0.39 is 0 Å². The molecule has 1 aromatic carbocycles. The Morgan fingerprint density at radius 3 is 2.75 bits per heavy atom. The molecule has 0 spiro atoms.